The molecule has 6 heteroatoms. The first-order valence-electron chi connectivity index (χ1n) is 9.75. The van der Waals surface area contributed by atoms with Crippen molar-refractivity contribution in [2.45, 2.75) is 6.92 Å². The lowest BCUT2D eigenvalue weighted by Crippen LogP contribution is -2.30. The first kappa shape index (κ1) is 20.9. The zero-order chi connectivity index (χ0) is 21.3. The van der Waals surface area contributed by atoms with Crippen molar-refractivity contribution in [3.05, 3.63) is 84.4 Å². The van der Waals surface area contributed by atoms with E-state index in [1.165, 1.54) is 0 Å². The number of para-hydroxylation sites is 1. The molecule has 0 radical (unpaired) electrons. The third-order valence-corrected chi connectivity index (χ3v) is 4.57. The molecule has 0 unspecified atom stereocenters. The van der Waals surface area contributed by atoms with E-state index in [2.05, 4.69) is 10.6 Å². The third kappa shape index (κ3) is 5.38. The lowest BCUT2D eigenvalue weighted by molar-refractivity contribution is -0.114. The zero-order valence-corrected chi connectivity index (χ0v) is 17.1. The molecular weight excluding hydrogens is 378 g/mol. The maximum Gasteiger partial charge on any atom is 0.258 e. The summed E-state index contributed by atoms with van der Waals surface area (Å²) < 4.78 is 5.15. The quantitative estimate of drug-likeness (QED) is 0.584. The van der Waals surface area contributed by atoms with Gasteiger partial charge in [-0.05, 0) is 55.5 Å². The van der Waals surface area contributed by atoms with Gasteiger partial charge in [-0.3, -0.25) is 9.59 Å². The fraction of sp³-hybridized carbons (Fsp3) is 0.167. The molecule has 0 bridgehead atoms. The number of methoxy groups -OCH3 is 1. The van der Waals surface area contributed by atoms with E-state index < -0.39 is 0 Å². The molecule has 0 aliphatic heterocycles. The van der Waals surface area contributed by atoms with Crippen LogP contribution in [0.3, 0.4) is 0 Å². The fourth-order valence-corrected chi connectivity index (χ4v) is 3.03. The zero-order valence-electron chi connectivity index (χ0n) is 17.1. The summed E-state index contributed by atoms with van der Waals surface area (Å²) in [5.74, 6) is 0.438. The summed E-state index contributed by atoms with van der Waals surface area (Å²) >= 11 is 0. The van der Waals surface area contributed by atoms with Crippen molar-refractivity contribution in [3.8, 4) is 5.75 Å². The smallest absolute Gasteiger partial charge is 0.258 e. The van der Waals surface area contributed by atoms with Crippen molar-refractivity contribution in [2.75, 3.05) is 35.7 Å². The number of carbonyl (C=O) groups excluding carboxylic acids is 2. The molecule has 0 spiro atoms. The Morgan fingerprint density at radius 3 is 2.30 bits per heavy atom. The van der Waals surface area contributed by atoms with E-state index in [4.69, 9.17) is 4.74 Å². The van der Waals surface area contributed by atoms with Crippen LogP contribution in [0.25, 0.3) is 0 Å². The number of hydrogen-bond acceptors (Lipinski definition) is 4. The van der Waals surface area contributed by atoms with Gasteiger partial charge in [0.2, 0.25) is 5.91 Å². The molecule has 0 heterocycles. The number of anilines is 3. The topological polar surface area (TPSA) is 70.7 Å². The number of benzene rings is 3. The predicted molar refractivity (Wildman–Crippen MR) is 120 cm³/mol. The van der Waals surface area contributed by atoms with Crippen LogP contribution in [0.5, 0.6) is 5.75 Å². The molecule has 154 valence electrons. The molecule has 0 atom stereocenters. The Balaban J connectivity index is 1.57. The van der Waals surface area contributed by atoms with Crippen molar-refractivity contribution in [1.29, 1.82) is 0 Å². The van der Waals surface area contributed by atoms with Crippen LogP contribution < -0.4 is 20.3 Å². The normalized spacial score (nSPS) is 10.2. The van der Waals surface area contributed by atoms with E-state index in [9.17, 15) is 9.59 Å². The first-order chi connectivity index (χ1) is 14.6. The summed E-state index contributed by atoms with van der Waals surface area (Å²) in [6.07, 6.45) is 0. The first-order valence-corrected chi connectivity index (χ1v) is 9.75. The number of nitrogens with zero attached hydrogens (tertiary/aromatic N) is 1. The van der Waals surface area contributed by atoms with Gasteiger partial charge >= 0.3 is 0 Å². The summed E-state index contributed by atoms with van der Waals surface area (Å²) in [5, 5.41) is 5.88. The van der Waals surface area contributed by atoms with Gasteiger partial charge in [-0.25, -0.2) is 0 Å². The largest absolute Gasteiger partial charge is 0.497 e. The van der Waals surface area contributed by atoms with Crippen LogP contribution in [-0.2, 0) is 4.79 Å². The van der Waals surface area contributed by atoms with Gasteiger partial charge in [0.05, 0.1) is 13.7 Å². The van der Waals surface area contributed by atoms with Crippen LogP contribution in [-0.4, -0.2) is 32.0 Å². The average molecular weight is 403 g/mol. The number of carbonyl (C=O) groups is 2. The van der Waals surface area contributed by atoms with Crippen molar-refractivity contribution in [3.63, 3.8) is 0 Å². The molecule has 0 aromatic heterocycles. The van der Waals surface area contributed by atoms with Gasteiger partial charge in [-0.15, -0.1) is 0 Å². The summed E-state index contributed by atoms with van der Waals surface area (Å²) in [6.45, 7) is 2.63. The van der Waals surface area contributed by atoms with Gasteiger partial charge in [0.15, 0.2) is 0 Å². The molecule has 0 aliphatic rings. The van der Waals surface area contributed by atoms with Crippen LogP contribution >= 0.6 is 0 Å². The van der Waals surface area contributed by atoms with E-state index in [0.29, 0.717) is 23.5 Å². The molecule has 6 nitrogen and oxygen atoms in total. The van der Waals surface area contributed by atoms with Crippen LogP contribution in [0.4, 0.5) is 17.1 Å². The summed E-state index contributed by atoms with van der Waals surface area (Å²) in [6, 6.07) is 23.9. The molecule has 2 amide bonds. The highest BCUT2D eigenvalue weighted by Gasteiger charge is 2.15. The van der Waals surface area contributed by atoms with Crippen molar-refractivity contribution in [2.24, 2.45) is 0 Å². The van der Waals surface area contributed by atoms with Crippen molar-refractivity contribution >= 4 is 28.9 Å². The van der Waals surface area contributed by atoms with Crippen molar-refractivity contribution in [1.82, 2.24) is 0 Å². The molecule has 0 aliphatic carbocycles. The Kier molecular flexibility index (Phi) is 7.05. The van der Waals surface area contributed by atoms with Crippen LogP contribution in [0, 0.1) is 0 Å². The maximum atomic E-state index is 12.8. The van der Waals surface area contributed by atoms with Gasteiger partial charge in [-0.1, -0.05) is 24.3 Å². The number of nitrogens with one attached hydrogen (secondary N) is 2. The van der Waals surface area contributed by atoms with Gasteiger partial charge < -0.3 is 20.3 Å². The third-order valence-electron chi connectivity index (χ3n) is 4.57. The SMILES string of the molecule is CCN(C(=O)c1ccc(NCC(=O)Nc2cccc(OC)c2)cc1)c1ccccc1. The Morgan fingerprint density at radius 1 is 0.900 bits per heavy atom. The highest BCUT2D eigenvalue weighted by Crippen LogP contribution is 2.19. The second kappa shape index (κ2) is 10.1. The minimum Gasteiger partial charge on any atom is -0.497 e. The van der Waals surface area contributed by atoms with E-state index in [-0.39, 0.29) is 18.4 Å². The van der Waals surface area contributed by atoms with Gasteiger partial charge in [0, 0.05) is 35.2 Å². The number of ether oxygens (including phenoxy) is 1. The van der Waals surface area contributed by atoms with Gasteiger partial charge in [0.25, 0.3) is 5.91 Å². The van der Waals surface area contributed by atoms with Crippen LogP contribution in [0.15, 0.2) is 78.9 Å². The lowest BCUT2D eigenvalue weighted by atomic mass is 10.1. The van der Waals surface area contributed by atoms with Gasteiger partial charge in [0.1, 0.15) is 5.75 Å². The maximum absolute atomic E-state index is 12.8. The second-order valence-corrected chi connectivity index (χ2v) is 6.60. The van der Waals surface area contributed by atoms with E-state index in [1.807, 2.05) is 49.4 Å². The molecule has 30 heavy (non-hydrogen) atoms. The highest BCUT2D eigenvalue weighted by molar-refractivity contribution is 6.06. The molecule has 0 saturated carbocycles. The molecule has 0 fully saturated rings. The van der Waals surface area contributed by atoms with E-state index >= 15 is 0 Å². The van der Waals surface area contributed by atoms with E-state index in [1.54, 1.807) is 48.4 Å². The Bertz CT molecular complexity index is 988. The monoisotopic (exact) mass is 403 g/mol. The summed E-state index contributed by atoms with van der Waals surface area (Å²) in [4.78, 5) is 26.7. The number of rotatable bonds is 8. The minimum absolute atomic E-state index is 0.0639. The predicted octanol–water partition coefficient (Wildman–Crippen LogP) is 4.41. The van der Waals surface area contributed by atoms with Crippen LogP contribution in [0.2, 0.25) is 0 Å². The number of amides is 2. The van der Waals surface area contributed by atoms with E-state index in [0.717, 1.165) is 11.4 Å². The van der Waals surface area contributed by atoms with Crippen LogP contribution in [0.1, 0.15) is 17.3 Å². The fourth-order valence-electron chi connectivity index (χ4n) is 3.03. The lowest BCUT2D eigenvalue weighted by Gasteiger charge is -2.21. The van der Waals surface area contributed by atoms with Gasteiger partial charge in [-0.2, -0.15) is 0 Å². The Labute approximate surface area is 176 Å². The Hall–Kier alpha value is -3.80. The molecule has 2 N–H and O–H groups in total. The summed E-state index contributed by atoms with van der Waals surface area (Å²) in [7, 11) is 1.58. The Morgan fingerprint density at radius 2 is 1.63 bits per heavy atom. The molecule has 3 aromatic carbocycles. The minimum atomic E-state index is -0.176. The standard InChI is InChI=1S/C24H25N3O3/c1-3-27(21-9-5-4-6-10-21)24(29)18-12-14-19(15-13-18)25-17-23(28)26-20-8-7-11-22(16-20)30-2/h4-16,25H,3,17H2,1-2H3,(H,26,28). The molecule has 3 aromatic rings. The highest BCUT2D eigenvalue weighted by atomic mass is 16.5. The van der Waals surface area contributed by atoms with Crippen molar-refractivity contribution < 1.29 is 14.3 Å². The molecule has 0 saturated heterocycles. The second-order valence-electron chi connectivity index (χ2n) is 6.60. The molecular formula is C24H25N3O3. The average Bonchev–Trinajstić information content (AvgIpc) is 2.79. The summed E-state index contributed by atoms with van der Waals surface area (Å²) in [5.41, 5.74) is 2.88. The number of hydrogen-bond donors (Lipinski definition) is 2. The molecule has 3 rings (SSSR count).